The van der Waals surface area contributed by atoms with Crippen LogP contribution in [0.4, 0.5) is 20.2 Å². The summed E-state index contributed by atoms with van der Waals surface area (Å²) in [5.74, 6) is -1.71. The van der Waals surface area contributed by atoms with Crippen molar-refractivity contribution in [2.45, 2.75) is 20.8 Å². The summed E-state index contributed by atoms with van der Waals surface area (Å²) in [4.78, 5) is 25.6. The van der Waals surface area contributed by atoms with Gasteiger partial charge in [-0.15, -0.1) is 0 Å². The summed E-state index contributed by atoms with van der Waals surface area (Å²) in [6.07, 6.45) is 0. The number of amidine groups is 1. The van der Waals surface area contributed by atoms with Gasteiger partial charge < -0.3 is 16.4 Å². The molecular weight excluding hydrogens is 711 g/mol. The molecule has 10 nitrogen and oxygen atoms in total. The van der Waals surface area contributed by atoms with Gasteiger partial charge in [0.1, 0.15) is 40.2 Å². The second-order valence-electron chi connectivity index (χ2n) is 13.2. The topological polar surface area (TPSA) is 144 Å². The van der Waals surface area contributed by atoms with Crippen LogP contribution in [0.25, 0.3) is 32.9 Å². The van der Waals surface area contributed by atoms with Crippen molar-refractivity contribution < 1.29 is 18.4 Å². The van der Waals surface area contributed by atoms with E-state index in [1.165, 1.54) is 21.5 Å². The van der Waals surface area contributed by atoms with Gasteiger partial charge in [0.05, 0.1) is 11.4 Å². The Morgan fingerprint density at radius 2 is 0.946 bits per heavy atom. The monoisotopic (exact) mass is 746 g/mol. The summed E-state index contributed by atoms with van der Waals surface area (Å²) >= 11 is 0. The maximum atomic E-state index is 14.8. The lowest BCUT2D eigenvalue weighted by atomic mass is 10.1. The molecule has 278 valence electrons. The zero-order valence-electron chi connectivity index (χ0n) is 30.6. The molecule has 0 saturated carbocycles. The number of nitrogens with one attached hydrogen (secondary N) is 3. The van der Waals surface area contributed by atoms with Crippen LogP contribution < -0.4 is 16.4 Å². The molecule has 2 aromatic heterocycles. The first kappa shape index (κ1) is 36.9. The highest BCUT2D eigenvalue weighted by Crippen LogP contribution is 2.26. The molecule has 8 rings (SSSR count). The van der Waals surface area contributed by atoms with Crippen LogP contribution in [0.1, 0.15) is 43.5 Å². The number of halogens is 2. The predicted molar refractivity (Wildman–Crippen MR) is 216 cm³/mol. The third-order valence-electron chi connectivity index (χ3n) is 8.98. The van der Waals surface area contributed by atoms with Crippen LogP contribution in [0.3, 0.4) is 0 Å². The first-order valence-electron chi connectivity index (χ1n) is 17.6. The largest absolute Gasteiger partial charge is 0.384 e. The third-order valence-corrected chi connectivity index (χ3v) is 8.98. The molecule has 0 aliphatic heterocycles. The van der Waals surface area contributed by atoms with Crippen LogP contribution in [0.5, 0.6) is 0 Å². The maximum absolute atomic E-state index is 14.8. The van der Waals surface area contributed by atoms with Crippen molar-refractivity contribution in [2.75, 3.05) is 10.6 Å². The smallest absolute Gasteiger partial charge is 0.274 e. The minimum absolute atomic E-state index is 0.0524. The number of benzene rings is 6. The van der Waals surface area contributed by atoms with Gasteiger partial charge in [0.25, 0.3) is 11.8 Å². The van der Waals surface area contributed by atoms with E-state index in [2.05, 4.69) is 20.8 Å². The Labute approximate surface area is 320 Å². The van der Waals surface area contributed by atoms with Gasteiger partial charge in [-0.1, -0.05) is 66.2 Å². The lowest BCUT2D eigenvalue weighted by Crippen LogP contribution is -2.18. The van der Waals surface area contributed by atoms with Gasteiger partial charge in [0.15, 0.2) is 0 Å². The Kier molecular flexibility index (Phi) is 10.2. The average molecular weight is 747 g/mol. The number of nitrogen functional groups attached to an aromatic ring is 1. The highest BCUT2D eigenvalue weighted by atomic mass is 19.1. The molecule has 2 heterocycles. The van der Waals surface area contributed by atoms with Crippen LogP contribution in [0.2, 0.25) is 0 Å². The lowest BCUT2D eigenvalue weighted by Gasteiger charge is -2.11. The number of anilines is 2. The first-order chi connectivity index (χ1) is 26.9. The van der Waals surface area contributed by atoms with E-state index in [0.29, 0.717) is 28.3 Å². The molecule has 0 aliphatic rings. The van der Waals surface area contributed by atoms with E-state index >= 15 is 0 Å². The number of amides is 2. The van der Waals surface area contributed by atoms with Crippen molar-refractivity contribution >= 4 is 50.6 Å². The summed E-state index contributed by atoms with van der Waals surface area (Å²) in [5, 5.41) is 25.0. The van der Waals surface area contributed by atoms with Crippen LogP contribution in [-0.2, 0) is 0 Å². The van der Waals surface area contributed by atoms with E-state index in [4.69, 9.17) is 11.1 Å². The number of fused-ring (bicyclic) bond motifs is 2. The Bertz CT molecular complexity index is 2770. The zero-order valence-corrected chi connectivity index (χ0v) is 30.6. The zero-order chi connectivity index (χ0) is 39.5. The molecule has 0 spiro atoms. The van der Waals surface area contributed by atoms with Crippen molar-refractivity contribution in [3.63, 3.8) is 0 Å². The number of aryl methyl sites for hydroxylation is 3. The molecule has 0 radical (unpaired) electrons. The summed E-state index contributed by atoms with van der Waals surface area (Å²) < 4.78 is 32.2. The summed E-state index contributed by atoms with van der Waals surface area (Å²) in [5.41, 5.74) is 10.5. The number of rotatable bonds is 7. The first-order valence-corrected chi connectivity index (χ1v) is 17.6. The van der Waals surface area contributed by atoms with Crippen LogP contribution in [0.15, 0.2) is 133 Å². The number of hydrogen-bond donors (Lipinski definition) is 4. The Hall–Kier alpha value is -7.47. The average Bonchev–Trinajstić information content (AvgIpc) is 3.78. The van der Waals surface area contributed by atoms with E-state index in [9.17, 15) is 18.4 Å². The van der Waals surface area contributed by atoms with Crippen molar-refractivity contribution in [3.05, 3.63) is 179 Å². The fraction of sp³-hybridized carbons (Fsp3) is 0.0682. The molecular formula is C44H36F2N8O2. The van der Waals surface area contributed by atoms with E-state index < -0.39 is 17.5 Å². The third kappa shape index (κ3) is 7.90. The fourth-order valence-corrected chi connectivity index (χ4v) is 6.18. The Morgan fingerprint density at radius 1 is 0.571 bits per heavy atom. The van der Waals surface area contributed by atoms with Crippen molar-refractivity contribution in [2.24, 2.45) is 5.73 Å². The number of hydrogen-bond acceptors (Lipinski definition) is 5. The number of carbonyl (C=O) groups excluding carboxylic acids is 2. The molecule has 0 fully saturated rings. The molecule has 56 heavy (non-hydrogen) atoms. The lowest BCUT2D eigenvalue weighted by molar-refractivity contribution is 0.101. The highest BCUT2D eigenvalue weighted by molar-refractivity contribution is 6.05. The number of nitrogens with zero attached hydrogens (tertiary/aromatic N) is 4. The summed E-state index contributed by atoms with van der Waals surface area (Å²) in [7, 11) is 0. The standard InChI is InChI=1S/C22H18FN5O.C22H18FN3O/c1-13-10-20(22(29)26-17-8-6-14(7-9-17)21(24)25)28(27-13)19-12-16-5-3-2-4-15(16)11-18(19)23;1-14-7-9-18(10-8-14)24-22(27)21-11-15(2)25-26(21)20-13-17-6-4-3-5-16(17)12-19(20)23/h2-12H,1H3,(H3,24,25)(H,26,29);3-13H,1-2H3,(H,24,27). The maximum Gasteiger partial charge on any atom is 0.274 e. The van der Waals surface area contributed by atoms with Gasteiger partial charge in [-0.2, -0.15) is 10.2 Å². The van der Waals surface area contributed by atoms with Crippen LogP contribution >= 0.6 is 0 Å². The molecule has 0 saturated heterocycles. The number of nitrogens with two attached hydrogens (primary N) is 1. The Balaban J connectivity index is 0.000000172. The normalized spacial score (nSPS) is 10.9. The van der Waals surface area contributed by atoms with E-state index in [0.717, 1.165) is 27.1 Å². The van der Waals surface area contributed by atoms with Crippen molar-refractivity contribution in [3.8, 4) is 11.4 Å². The predicted octanol–water partition coefficient (Wildman–Crippen LogP) is 9.04. The molecule has 0 aliphatic carbocycles. The number of aromatic nitrogens is 4. The minimum Gasteiger partial charge on any atom is -0.384 e. The molecule has 5 N–H and O–H groups in total. The molecule has 2 amide bonds. The molecule has 6 aromatic carbocycles. The highest BCUT2D eigenvalue weighted by Gasteiger charge is 2.20. The van der Waals surface area contributed by atoms with E-state index in [1.54, 1.807) is 62.4 Å². The fourth-order valence-electron chi connectivity index (χ4n) is 6.18. The van der Waals surface area contributed by atoms with Gasteiger partial charge in [0, 0.05) is 16.9 Å². The van der Waals surface area contributed by atoms with E-state index in [-0.39, 0.29) is 34.5 Å². The van der Waals surface area contributed by atoms with Gasteiger partial charge in [0.2, 0.25) is 0 Å². The van der Waals surface area contributed by atoms with Gasteiger partial charge in [-0.05, 0) is 115 Å². The molecule has 0 atom stereocenters. The SMILES string of the molecule is Cc1cc(C(=O)Nc2ccc(C(=N)N)cc2)n(-c2cc3ccccc3cc2F)n1.Cc1ccc(NC(=O)c2cc(C)nn2-c2cc3ccccc3cc2F)cc1. The second kappa shape index (κ2) is 15.5. The second-order valence-corrected chi connectivity index (χ2v) is 13.2. The number of carbonyl (C=O) groups is 2. The van der Waals surface area contributed by atoms with Crippen LogP contribution in [-0.4, -0.2) is 37.2 Å². The van der Waals surface area contributed by atoms with Crippen molar-refractivity contribution in [1.29, 1.82) is 5.41 Å². The Morgan fingerprint density at radius 3 is 1.34 bits per heavy atom. The van der Waals surface area contributed by atoms with Gasteiger partial charge in [-0.3, -0.25) is 15.0 Å². The minimum atomic E-state index is -0.466. The summed E-state index contributed by atoms with van der Waals surface area (Å²) in [6, 6.07) is 38.5. The molecule has 12 heteroatoms. The summed E-state index contributed by atoms with van der Waals surface area (Å²) in [6.45, 7) is 5.50. The molecule has 0 bridgehead atoms. The van der Waals surface area contributed by atoms with Gasteiger partial charge in [-0.25, -0.2) is 18.1 Å². The van der Waals surface area contributed by atoms with Gasteiger partial charge >= 0.3 is 0 Å². The van der Waals surface area contributed by atoms with E-state index in [1.807, 2.05) is 79.7 Å². The quantitative estimate of drug-likeness (QED) is 0.0951. The van der Waals surface area contributed by atoms with Crippen molar-refractivity contribution in [1.82, 2.24) is 19.6 Å². The molecule has 8 aromatic rings. The van der Waals surface area contributed by atoms with Crippen LogP contribution in [0, 0.1) is 37.8 Å². The molecule has 0 unspecified atom stereocenters.